The van der Waals surface area contributed by atoms with Gasteiger partial charge in [0.15, 0.2) is 0 Å². The van der Waals surface area contributed by atoms with Crippen molar-refractivity contribution in [1.29, 1.82) is 0 Å². The third-order valence-electron chi connectivity index (χ3n) is 2.44. The molecule has 0 aliphatic rings. The van der Waals surface area contributed by atoms with Crippen LogP contribution in [0.15, 0.2) is 12.3 Å². The molecule has 0 unspecified atom stereocenters. The van der Waals surface area contributed by atoms with Gasteiger partial charge in [0.25, 0.3) is 0 Å². The summed E-state index contributed by atoms with van der Waals surface area (Å²) in [4.78, 5) is 4.43. The Kier molecular flexibility index (Phi) is 3.50. The maximum Gasteiger partial charge on any atom is 0.0559 e. The van der Waals surface area contributed by atoms with E-state index in [1.165, 1.54) is 11.3 Å². The maximum atomic E-state index is 4.43. The van der Waals surface area contributed by atoms with Crippen LogP contribution in [-0.4, -0.2) is 12.0 Å². The van der Waals surface area contributed by atoms with Crippen molar-refractivity contribution >= 4 is 5.69 Å². The van der Waals surface area contributed by atoms with Crippen molar-refractivity contribution in [2.24, 2.45) is 0 Å². The highest BCUT2D eigenvalue weighted by Gasteiger charge is 2.09. The number of anilines is 1. The summed E-state index contributed by atoms with van der Waals surface area (Å²) in [6.07, 6.45) is 1.94. The van der Waals surface area contributed by atoms with E-state index >= 15 is 0 Å². The van der Waals surface area contributed by atoms with Crippen LogP contribution in [0.5, 0.6) is 0 Å². The molecule has 2 nitrogen and oxygen atoms in total. The molecule has 1 N–H and O–H groups in total. The van der Waals surface area contributed by atoms with Crippen molar-refractivity contribution in [1.82, 2.24) is 4.98 Å². The van der Waals surface area contributed by atoms with Crippen molar-refractivity contribution in [3.05, 3.63) is 23.5 Å². The fraction of sp³-hybridized carbons (Fsp3) is 0.583. The second-order valence-electron chi connectivity index (χ2n) is 4.26. The second-order valence-corrected chi connectivity index (χ2v) is 4.26. The summed E-state index contributed by atoms with van der Waals surface area (Å²) in [5, 5.41) is 3.18. The Labute approximate surface area is 86.8 Å². The van der Waals surface area contributed by atoms with Crippen LogP contribution < -0.4 is 5.32 Å². The summed E-state index contributed by atoms with van der Waals surface area (Å²) in [5.41, 5.74) is 3.67. The molecular weight excluding hydrogens is 172 g/mol. The van der Waals surface area contributed by atoms with Gasteiger partial charge in [0.1, 0.15) is 0 Å². The Morgan fingerprint density at radius 1 is 1.14 bits per heavy atom. The number of hydrogen-bond acceptors (Lipinski definition) is 2. The summed E-state index contributed by atoms with van der Waals surface area (Å²) < 4.78 is 0. The molecule has 0 aliphatic carbocycles. The molecule has 0 atom stereocenters. The Morgan fingerprint density at radius 3 is 2.21 bits per heavy atom. The zero-order chi connectivity index (χ0) is 10.7. The second kappa shape index (κ2) is 4.45. The number of rotatable bonds is 3. The Balaban J connectivity index is 3.14. The minimum Gasteiger partial charge on any atom is -0.387 e. The van der Waals surface area contributed by atoms with Gasteiger partial charge in [0, 0.05) is 12.7 Å². The van der Waals surface area contributed by atoms with Crippen molar-refractivity contribution in [2.75, 3.05) is 12.4 Å². The predicted molar refractivity (Wildman–Crippen MR) is 62.0 cm³/mol. The standard InChI is InChI=1S/C12H20N2/c1-8(2)10-6-11(9(3)4)14-7-12(10)13-5/h6-9,13H,1-5H3. The average molecular weight is 192 g/mol. The zero-order valence-electron chi connectivity index (χ0n) is 9.76. The molecule has 0 saturated carbocycles. The number of pyridine rings is 1. The fourth-order valence-electron chi connectivity index (χ4n) is 1.49. The highest BCUT2D eigenvalue weighted by atomic mass is 14.9. The Bertz CT molecular complexity index is 303. The van der Waals surface area contributed by atoms with Gasteiger partial charge in [-0.15, -0.1) is 0 Å². The van der Waals surface area contributed by atoms with Crippen LogP contribution in [0.3, 0.4) is 0 Å². The van der Waals surface area contributed by atoms with Gasteiger partial charge in [-0.05, 0) is 23.5 Å². The molecular formula is C12H20N2. The lowest BCUT2D eigenvalue weighted by molar-refractivity contribution is 0.801. The number of nitrogens with one attached hydrogen (secondary N) is 1. The molecule has 2 heteroatoms. The molecule has 1 aromatic rings. The Hall–Kier alpha value is -1.05. The summed E-state index contributed by atoms with van der Waals surface area (Å²) >= 11 is 0. The quantitative estimate of drug-likeness (QED) is 0.794. The van der Waals surface area contributed by atoms with Crippen LogP contribution in [0.1, 0.15) is 50.8 Å². The molecule has 0 radical (unpaired) electrons. The minimum atomic E-state index is 0.499. The summed E-state index contributed by atoms with van der Waals surface area (Å²) in [5.74, 6) is 1.04. The zero-order valence-corrected chi connectivity index (χ0v) is 9.76. The van der Waals surface area contributed by atoms with Crippen LogP contribution in [0.4, 0.5) is 5.69 Å². The van der Waals surface area contributed by atoms with E-state index in [9.17, 15) is 0 Å². The van der Waals surface area contributed by atoms with Gasteiger partial charge in [0.2, 0.25) is 0 Å². The van der Waals surface area contributed by atoms with Crippen molar-refractivity contribution in [2.45, 2.75) is 39.5 Å². The van der Waals surface area contributed by atoms with E-state index in [0.29, 0.717) is 11.8 Å². The van der Waals surface area contributed by atoms with E-state index < -0.39 is 0 Å². The predicted octanol–water partition coefficient (Wildman–Crippen LogP) is 3.37. The monoisotopic (exact) mass is 192 g/mol. The summed E-state index contributed by atoms with van der Waals surface area (Å²) in [7, 11) is 1.94. The topological polar surface area (TPSA) is 24.9 Å². The van der Waals surface area contributed by atoms with Gasteiger partial charge in [-0.2, -0.15) is 0 Å². The number of aromatic nitrogens is 1. The smallest absolute Gasteiger partial charge is 0.0559 e. The SMILES string of the molecule is CNc1cnc(C(C)C)cc1C(C)C. The maximum absolute atomic E-state index is 4.43. The van der Waals surface area contributed by atoms with Gasteiger partial charge in [-0.1, -0.05) is 27.7 Å². The normalized spacial score (nSPS) is 11.1. The number of hydrogen-bond donors (Lipinski definition) is 1. The van der Waals surface area contributed by atoms with Crippen LogP contribution in [0.2, 0.25) is 0 Å². The van der Waals surface area contributed by atoms with E-state index in [2.05, 4.69) is 44.1 Å². The van der Waals surface area contributed by atoms with Gasteiger partial charge in [-0.3, -0.25) is 4.98 Å². The summed E-state index contributed by atoms with van der Waals surface area (Å²) in [6.45, 7) is 8.76. The number of nitrogens with zero attached hydrogens (tertiary/aromatic N) is 1. The molecule has 0 aliphatic heterocycles. The van der Waals surface area contributed by atoms with Crippen LogP contribution in [0, 0.1) is 0 Å². The van der Waals surface area contributed by atoms with Crippen LogP contribution in [-0.2, 0) is 0 Å². The first-order chi connectivity index (χ1) is 6.56. The van der Waals surface area contributed by atoms with E-state index in [1.54, 1.807) is 0 Å². The molecule has 14 heavy (non-hydrogen) atoms. The minimum absolute atomic E-state index is 0.499. The highest BCUT2D eigenvalue weighted by molar-refractivity contribution is 5.51. The highest BCUT2D eigenvalue weighted by Crippen LogP contribution is 2.25. The molecule has 0 bridgehead atoms. The molecule has 1 heterocycles. The molecule has 0 spiro atoms. The molecule has 0 fully saturated rings. The Morgan fingerprint density at radius 2 is 1.79 bits per heavy atom. The van der Waals surface area contributed by atoms with Gasteiger partial charge < -0.3 is 5.32 Å². The van der Waals surface area contributed by atoms with Crippen molar-refractivity contribution in [3.63, 3.8) is 0 Å². The van der Waals surface area contributed by atoms with Crippen molar-refractivity contribution < 1.29 is 0 Å². The first-order valence-corrected chi connectivity index (χ1v) is 5.23. The van der Waals surface area contributed by atoms with Gasteiger partial charge in [-0.25, -0.2) is 0 Å². The molecule has 0 saturated heterocycles. The van der Waals surface area contributed by atoms with Gasteiger partial charge in [0.05, 0.1) is 11.9 Å². The summed E-state index contributed by atoms with van der Waals surface area (Å²) in [6, 6.07) is 2.21. The van der Waals surface area contributed by atoms with E-state index in [-0.39, 0.29) is 0 Å². The lowest BCUT2D eigenvalue weighted by Gasteiger charge is -2.14. The average Bonchev–Trinajstić information content (AvgIpc) is 2.16. The van der Waals surface area contributed by atoms with Crippen LogP contribution in [0.25, 0.3) is 0 Å². The van der Waals surface area contributed by atoms with Crippen molar-refractivity contribution in [3.8, 4) is 0 Å². The molecule has 0 amide bonds. The first-order valence-electron chi connectivity index (χ1n) is 5.23. The molecule has 78 valence electrons. The van der Waals surface area contributed by atoms with E-state index in [1.807, 2.05) is 13.2 Å². The third kappa shape index (κ3) is 2.25. The molecule has 0 aromatic carbocycles. The third-order valence-corrected chi connectivity index (χ3v) is 2.44. The molecule has 1 aromatic heterocycles. The first kappa shape index (κ1) is 11.0. The van der Waals surface area contributed by atoms with Crippen LogP contribution >= 0.6 is 0 Å². The largest absolute Gasteiger partial charge is 0.387 e. The molecule has 1 rings (SSSR count). The van der Waals surface area contributed by atoms with E-state index in [4.69, 9.17) is 0 Å². The lowest BCUT2D eigenvalue weighted by Crippen LogP contribution is -2.02. The fourth-order valence-corrected chi connectivity index (χ4v) is 1.49. The van der Waals surface area contributed by atoms with Gasteiger partial charge >= 0.3 is 0 Å². The lowest BCUT2D eigenvalue weighted by atomic mass is 9.99. The van der Waals surface area contributed by atoms with E-state index in [0.717, 1.165) is 5.69 Å².